The van der Waals surface area contributed by atoms with E-state index in [0.29, 0.717) is 12.5 Å². The van der Waals surface area contributed by atoms with Crippen molar-refractivity contribution in [1.29, 1.82) is 0 Å². The zero-order valence-corrected chi connectivity index (χ0v) is 12.9. The van der Waals surface area contributed by atoms with Crippen molar-refractivity contribution in [2.75, 3.05) is 6.54 Å². The van der Waals surface area contributed by atoms with Gasteiger partial charge in [-0.2, -0.15) is 0 Å². The second-order valence-corrected chi connectivity index (χ2v) is 6.31. The SMILES string of the molecule is Cc1ccc(-c2cncn2C(C)(CN)CC(C)C)cc1. The van der Waals surface area contributed by atoms with E-state index >= 15 is 0 Å². The Labute approximate surface area is 121 Å². The molecular weight excluding hydrogens is 246 g/mol. The molecule has 3 heteroatoms. The molecule has 1 atom stereocenters. The fraction of sp³-hybridized carbons (Fsp3) is 0.471. The predicted octanol–water partition coefficient (Wildman–Crippen LogP) is 3.58. The lowest BCUT2D eigenvalue weighted by molar-refractivity contribution is 0.267. The van der Waals surface area contributed by atoms with Crippen molar-refractivity contribution in [1.82, 2.24) is 9.55 Å². The van der Waals surface area contributed by atoms with E-state index in [1.165, 1.54) is 11.1 Å². The van der Waals surface area contributed by atoms with Crippen molar-refractivity contribution in [2.24, 2.45) is 11.7 Å². The highest BCUT2D eigenvalue weighted by molar-refractivity contribution is 5.59. The van der Waals surface area contributed by atoms with E-state index in [-0.39, 0.29) is 5.54 Å². The quantitative estimate of drug-likeness (QED) is 0.903. The Kier molecular flexibility index (Phi) is 4.29. The van der Waals surface area contributed by atoms with Crippen LogP contribution in [0, 0.1) is 12.8 Å². The summed E-state index contributed by atoms with van der Waals surface area (Å²) < 4.78 is 2.23. The van der Waals surface area contributed by atoms with Crippen LogP contribution in [0.2, 0.25) is 0 Å². The monoisotopic (exact) mass is 271 g/mol. The van der Waals surface area contributed by atoms with E-state index in [0.717, 1.165) is 12.1 Å². The molecule has 0 radical (unpaired) electrons. The minimum atomic E-state index is -0.0924. The lowest BCUT2D eigenvalue weighted by Crippen LogP contribution is -2.39. The Bertz CT molecular complexity index is 554. The van der Waals surface area contributed by atoms with E-state index in [2.05, 4.69) is 61.5 Å². The van der Waals surface area contributed by atoms with E-state index in [1.807, 2.05) is 12.5 Å². The summed E-state index contributed by atoms with van der Waals surface area (Å²) in [4.78, 5) is 4.35. The first-order chi connectivity index (χ1) is 9.46. The molecule has 2 aromatic rings. The Morgan fingerprint density at radius 2 is 1.90 bits per heavy atom. The third-order valence-corrected chi connectivity index (χ3v) is 3.86. The summed E-state index contributed by atoms with van der Waals surface area (Å²) >= 11 is 0. The standard InChI is InChI=1S/C17H25N3/c1-13(2)9-17(4,11-18)20-12-19-10-16(20)15-7-5-14(3)6-8-15/h5-8,10,12-13H,9,11,18H2,1-4H3. The first-order valence-corrected chi connectivity index (χ1v) is 7.26. The summed E-state index contributed by atoms with van der Waals surface area (Å²) in [5.41, 5.74) is 9.57. The van der Waals surface area contributed by atoms with Crippen LogP contribution in [-0.2, 0) is 5.54 Å². The Balaban J connectivity index is 2.43. The maximum absolute atomic E-state index is 6.07. The van der Waals surface area contributed by atoms with Crippen LogP contribution in [-0.4, -0.2) is 16.1 Å². The van der Waals surface area contributed by atoms with E-state index < -0.39 is 0 Å². The molecule has 0 aliphatic heterocycles. The predicted molar refractivity (Wildman–Crippen MR) is 84.6 cm³/mol. The van der Waals surface area contributed by atoms with Crippen molar-refractivity contribution < 1.29 is 0 Å². The molecule has 2 N–H and O–H groups in total. The second kappa shape index (κ2) is 5.80. The van der Waals surface area contributed by atoms with Gasteiger partial charge >= 0.3 is 0 Å². The summed E-state index contributed by atoms with van der Waals surface area (Å²) in [6, 6.07) is 8.56. The molecule has 1 aromatic carbocycles. The lowest BCUT2D eigenvalue weighted by atomic mass is 9.90. The molecule has 20 heavy (non-hydrogen) atoms. The Morgan fingerprint density at radius 1 is 1.25 bits per heavy atom. The van der Waals surface area contributed by atoms with Gasteiger partial charge in [0.05, 0.1) is 23.8 Å². The molecule has 0 aliphatic rings. The van der Waals surface area contributed by atoms with Crippen molar-refractivity contribution in [2.45, 2.75) is 39.7 Å². The highest BCUT2D eigenvalue weighted by Crippen LogP contribution is 2.30. The summed E-state index contributed by atoms with van der Waals surface area (Å²) in [6.45, 7) is 9.39. The molecule has 1 unspecified atom stereocenters. The molecule has 0 aliphatic carbocycles. The van der Waals surface area contributed by atoms with Crippen LogP contribution in [0.1, 0.15) is 32.8 Å². The van der Waals surface area contributed by atoms with Gasteiger partial charge in [-0.1, -0.05) is 43.7 Å². The summed E-state index contributed by atoms with van der Waals surface area (Å²) in [6.07, 6.45) is 4.88. The minimum Gasteiger partial charge on any atom is -0.328 e. The number of nitrogens with zero attached hydrogens (tertiary/aromatic N) is 2. The normalized spacial score (nSPS) is 14.5. The van der Waals surface area contributed by atoms with Gasteiger partial charge in [-0.15, -0.1) is 0 Å². The first kappa shape index (κ1) is 14.8. The molecule has 0 spiro atoms. The van der Waals surface area contributed by atoms with Crippen LogP contribution in [0.3, 0.4) is 0 Å². The second-order valence-electron chi connectivity index (χ2n) is 6.31. The fourth-order valence-corrected chi connectivity index (χ4v) is 2.82. The van der Waals surface area contributed by atoms with Gasteiger partial charge in [-0.3, -0.25) is 0 Å². The average molecular weight is 271 g/mol. The summed E-state index contributed by atoms with van der Waals surface area (Å²) in [7, 11) is 0. The van der Waals surface area contributed by atoms with Crippen molar-refractivity contribution in [3.63, 3.8) is 0 Å². The minimum absolute atomic E-state index is 0.0924. The number of hydrogen-bond donors (Lipinski definition) is 1. The van der Waals surface area contributed by atoms with Gasteiger partial charge in [0.25, 0.3) is 0 Å². The first-order valence-electron chi connectivity index (χ1n) is 7.26. The van der Waals surface area contributed by atoms with Crippen LogP contribution < -0.4 is 5.73 Å². The lowest BCUT2D eigenvalue weighted by Gasteiger charge is -2.33. The van der Waals surface area contributed by atoms with Crippen LogP contribution in [0.25, 0.3) is 11.3 Å². The fourth-order valence-electron chi connectivity index (χ4n) is 2.82. The van der Waals surface area contributed by atoms with E-state index in [4.69, 9.17) is 5.73 Å². The molecule has 0 bridgehead atoms. The molecule has 1 heterocycles. The van der Waals surface area contributed by atoms with Gasteiger partial charge in [0, 0.05) is 6.54 Å². The van der Waals surface area contributed by atoms with Gasteiger partial charge in [-0.05, 0) is 31.7 Å². The molecular formula is C17H25N3. The average Bonchev–Trinajstić information content (AvgIpc) is 2.88. The molecule has 0 amide bonds. The maximum atomic E-state index is 6.07. The Hall–Kier alpha value is -1.61. The van der Waals surface area contributed by atoms with Gasteiger partial charge < -0.3 is 10.3 Å². The highest BCUT2D eigenvalue weighted by Gasteiger charge is 2.28. The van der Waals surface area contributed by atoms with Crippen molar-refractivity contribution >= 4 is 0 Å². The summed E-state index contributed by atoms with van der Waals surface area (Å²) in [5, 5.41) is 0. The number of benzene rings is 1. The number of imidazole rings is 1. The van der Waals surface area contributed by atoms with Gasteiger partial charge in [0.15, 0.2) is 0 Å². The van der Waals surface area contributed by atoms with Crippen molar-refractivity contribution in [3.05, 3.63) is 42.4 Å². The largest absolute Gasteiger partial charge is 0.328 e. The summed E-state index contributed by atoms with van der Waals surface area (Å²) in [5.74, 6) is 0.594. The maximum Gasteiger partial charge on any atom is 0.0956 e. The van der Waals surface area contributed by atoms with Crippen molar-refractivity contribution in [3.8, 4) is 11.3 Å². The molecule has 0 saturated carbocycles. The number of nitrogens with two attached hydrogens (primary N) is 1. The van der Waals surface area contributed by atoms with Crippen LogP contribution >= 0.6 is 0 Å². The van der Waals surface area contributed by atoms with Crippen LogP contribution in [0.4, 0.5) is 0 Å². The molecule has 3 nitrogen and oxygen atoms in total. The van der Waals surface area contributed by atoms with Crippen LogP contribution in [0.15, 0.2) is 36.8 Å². The van der Waals surface area contributed by atoms with E-state index in [1.54, 1.807) is 0 Å². The highest BCUT2D eigenvalue weighted by atomic mass is 15.1. The molecule has 1 aromatic heterocycles. The number of hydrogen-bond acceptors (Lipinski definition) is 2. The molecule has 0 fully saturated rings. The molecule has 108 valence electrons. The third kappa shape index (κ3) is 2.93. The van der Waals surface area contributed by atoms with E-state index in [9.17, 15) is 0 Å². The number of rotatable bonds is 5. The number of aromatic nitrogens is 2. The zero-order chi connectivity index (χ0) is 14.8. The third-order valence-electron chi connectivity index (χ3n) is 3.86. The Morgan fingerprint density at radius 3 is 2.45 bits per heavy atom. The topological polar surface area (TPSA) is 43.8 Å². The zero-order valence-electron chi connectivity index (χ0n) is 12.9. The van der Waals surface area contributed by atoms with Gasteiger partial charge in [0.2, 0.25) is 0 Å². The van der Waals surface area contributed by atoms with Crippen LogP contribution in [0.5, 0.6) is 0 Å². The molecule has 0 saturated heterocycles. The van der Waals surface area contributed by atoms with Gasteiger partial charge in [0.1, 0.15) is 0 Å². The van der Waals surface area contributed by atoms with Gasteiger partial charge in [-0.25, -0.2) is 4.98 Å². The molecule has 2 rings (SSSR count). The number of aryl methyl sites for hydroxylation is 1. The smallest absolute Gasteiger partial charge is 0.0956 e.